The lowest BCUT2D eigenvalue weighted by Crippen LogP contribution is -2.05. The minimum Gasteiger partial charge on any atom is -0.361 e. The summed E-state index contributed by atoms with van der Waals surface area (Å²) < 4.78 is 0. The zero-order chi connectivity index (χ0) is 11.8. The largest absolute Gasteiger partial charge is 0.361 e. The molecule has 1 aromatic carbocycles. The quantitative estimate of drug-likeness (QED) is 0.770. The molecule has 1 aromatic heterocycles. The van der Waals surface area contributed by atoms with Crippen LogP contribution in [-0.4, -0.2) is 4.98 Å². The first-order valence-corrected chi connectivity index (χ1v) is 6.09. The molecule has 1 nitrogen and oxygen atoms in total. The lowest BCUT2D eigenvalue weighted by molar-refractivity contribution is 0.379. The van der Waals surface area contributed by atoms with Gasteiger partial charge in [0.05, 0.1) is 0 Å². The zero-order valence-corrected chi connectivity index (χ0v) is 10.9. The Morgan fingerprint density at radius 1 is 1.25 bits per heavy atom. The highest BCUT2D eigenvalue weighted by atomic mass is 35.5. The maximum Gasteiger partial charge on any atom is 0.0457 e. The van der Waals surface area contributed by atoms with Gasteiger partial charge in [0.2, 0.25) is 0 Å². The molecule has 0 unspecified atom stereocenters. The minimum atomic E-state index is 0.377. The van der Waals surface area contributed by atoms with Crippen molar-refractivity contribution < 1.29 is 0 Å². The molecule has 0 radical (unpaired) electrons. The normalized spacial score (nSPS) is 12.2. The van der Waals surface area contributed by atoms with Crippen molar-refractivity contribution in [3.8, 4) is 0 Å². The summed E-state index contributed by atoms with van der Waals surface area (Å²) in [6.45, 7) is 6.82. The number of benzene rings is 1. The molecular formula is C14H18ClN. The topological polar surface area (TPSA) is 15.8 Å². The van der Waals surface area contributed by atoms with Gasteiger partial charge >= 0.3 is 0 Å². The van der Waals surface area contributed by atoms with Gasteiger partial charge in [0.1, 0.15) is 0 Å². The Labute approximate surface area is 102 Å². The van der Waals surface area contributed by atoms with Crippen LogP contribution in [0.25, 0.3) is 10.9 Å². The van der Waals surface area contributed by atoms with Crippen molar-refractivity contribution in [2.45, 2.75) is 33.6 Å². The van der Waals surface area contributed by atoms with Gasteiger partial charge in [-0.05, 0) is 42.0 Å². The molecule has 0 aliphatic heterocycles. The van der Waals surface area contributed by atoms with E-state index in [-0.39, 0.29) is 0 Å². The molecule has 16 heavy (non-hydrogen) atoms. The number of hydrogen-bond donors (Lipinski definition) is 1. The molecule has 0 fully saturated rings. The smallest absolute Gasteiger partial charge is 0.0457 e. The van der Waals surface area contributed by atoms with Crippen LogP contribution in [0.2, 0.25) is 5.02 Å². The third kappa shape index (κ3) is 2.59. The molecular weight excluding hydrogens is 218 g/mol. The standard InChI is InChI=1S/C14H18ClN/c1-14(2,3)7-6-10-9-16-13-5-4-11(15)8-12(10)13/h4-5,8-9,16H,6-7H2,1-3H3. The van der Waals surface area contributed by atoms with Crippen molar-refractivity contribution in [1.82, 2.24) is 4.98 Å². The zero-order valence-electron chi connectivity index (χ0n) is 10.1. The summed E-state index contributed by atoms with van der Waals surface area (Å²) in [5.41, 5.74) is 2.92. The molecule has 2 aromatic rings. The number of rotatable bonds is 2. The van der Waals surface area contributed by atoms with Crippen LogP contribution in [0.15, 0.2) is 24.4 Å². The highest BCUT2D eigenvalue weighted by Crippen LogP contribution is 2.27. The SMILES string of the molecule is CC(C)(C)CCc1c[nH]c2ccc(Cl)cc12. The van der Waals surface area contributed by atoms with Gasteiger partial charge in [-0.2, -0.15) is 0 Å². The molecule has 2 rings (SSSR count). The summed E-state index contributed by atoms with van der Waals surface area (Å²) in [7, 11) is 0. The van der Waals surface area contributed by atoms with Crippen LogP contribution in [0.1, 0.15) is 32.8 Å². The van der Waals surface area contributed by atoms with Crippen LogP contribution in [0.4, 0.5) is 0 Å². The molecule has 0 atom stereocenters. The highest BCUT2D eigenvalue weighted by Gasteiger charge is 2.12. The van der Waals surface area contributed by atoms with Crippen molar-refractivity contribution in [1.29, 1.82) is 0 Å². The van der Waals surface area contributed by atoms with Gasteiger partial charge in [0.25, 0.3) is 0 Å². The Hall–Kier alpha value is -0.950. The summed E-state index contributed by atoms with van der Waals surface area (Å²) in [6.07, 6.45) is 4.39. The van der Waals surface area contributed by atoms with E-state index in [1.54, 1.807) is 0 Å². The van der Waals surface area contributed by atoms with Gasteiger partial charge in [-0.1, -0.05) is 32.4 Å². The molecule has 0 amide bonds. The van der Waals surface area contributed by atoms with Crippen LogP contribution in [0.5, 0.6) is 0 Å². The van der Waals surface area contributed by atoms with E-state index in [0.29, 0.717) is 5.41 Å². The van der Waals surface area contributed by atoms with E-state index in [9.17, 15) is 0 Å². The molecule has 1 N–H and O–H groups in total. The Kier molecular flexibility index (Phi) is 2.98. The Morgan fingerprint density at radius 2 is 2.00 bits per heavy atom. The van der Waals surface area contributed by atoms with E-state index in [1.807, 2.05) is 18.2 Å². The number of aryl methyl sites for hydroxylation is 1. The van der Waals surface area contributed by atoms with Gasteiger partial charge < -0.3 is 4.98 Å². The summed E-state index contributed by atoms with van der Waals surface area (Å²) >= 11 is 6.02. The first kappa shape index (κ1) is 11.5. The number of halogens is 1. The van der Waals surface area contributed by atoms with E-state index in [2.05, 4.69) is 32.0 Å². The molecule has 0 aliphatic carbocycles. The Morgan fingerprint density at radius 3 is 2.69 bits per heavy atom. The van der Waals surface area contributed by atoms with Crippen molar-refractivity contribution in [3.05, 3.63) is 35.0 Å². The van der Waals surface area contributed by atoms with Crippen LogP contribution >= 0.6 is 11.6 Å². The monoisotopic (exact) mass is 235 g/mol. The van der Waals surface area contributed by atoms with Gasteiger partial charge in [0, 0.05) is 22.1 Å². The maximum absolute atomic E-state index is 6.02. The molecule has 2 heteroatoms. The van der Waals surface area contributed by atoms with E-state index in [1.165, 1.54) is 22.9 Å². The number of H-pyrrole nitrogens is 1. The third-order valence-electron chi connectivity index (χ3n) is 2.87. The lowest BCUT2D eigenvalue weighted by atomic mass is 9.89. The maximum atomic E-state index is 6.02. The van der Waals surface area contributed by atoms with E-state index in [0.717, 1.165) is 11.4 Å². The van der Waals surface area contributed by atoms with Gasteiger partial charge in [-0.3, -0.25) is 0 Å². The van der Waals surface area contributed by atoms with Crippen LogP contribution in [0.3, 0.4) is 0 Å². The Balaban J connectivity index is 2.28. The molecule has 0 saturated carbocycles. The summed E-state index contributed by atoms with van der Waals surface area (Å²) in [5, 5.41) is 2.07. The van der Waals surface area contributed by atoms with Crippen LogP contribution in [-0.2, 0) is 6.42 Å². The van der Waals surface area contributed by atoms with Gasteiger partial charge in [-0.15, -0.1) is 0 Å². The average Bonchev–Trinajstić information content (AvgIpc) is 2.56. The van der Waals surface area contributed by atoms with Crippen molar-refractivity contribution in [3.63, 3.8) is 0 Å². The van der Waals surface area contributed by atoms with Gasteiger partial charge in [0.15, 0.2) is 0 Å². The first-order chi connectivity index (χ1) is 7.46. The summed E-state index contributed by atoms with van der Waals surface area (Å²) in [5.74, 6) is 0. The van der Waals surface area contributed by atoms with E-state index in [4.69, 9.17) is 11.6 Å². The molecule has 0 saturated heterocycles. The molecule has 86 valence electrons. The van der Waals surface area contributed by atoms with E-state index >= 15 is 0 Å². The second-order valence-electron chi connectivity index (χ2n) is 5.56. The number of hydrogen-bond acceptors (Lipinski definition) is 0. The molecule has 0 spiro atoms. The van der Waals surface area contributed by atoms with E-state index < -0.39 is 0 Å². The average molecular weight is 236 g/mol. The van der Waals surface area contributed by atoms with Crippen LogP contribution < -0.4 is 0 Å². The number of aromatic amines is 1. The van der Waals surface area contributed by atoms with Crippen molar-refractivity contribution >= 4 is 22.5 Å². The fourth-order valence-electron chi connectivity index (χ4n) is 1.87. The number of nitrogens with one attached hydrogen (secondary N) is 1. The fourth-order valence-corrected chi connectivity index (χ4v) is 2.04. The third-order valence-corrected chi connectivity index (χ3v) is 3.11. The van der Waals surface area contributed by atoms with Crippen LogP contribution in [0, 0.1) is 5.41 Å². The Bertz CT molecular complexity index is 491. The molecule has 0 aliphatic rings. The van der Waals surface area contributed by atoms with Crippen molar-refractivity contribution in [2.75, 3.05) is 0 Å². The number of aromatic nitrogens is 1. The first-order valence-electron chi connectivity index (χ1n) is 5.71. The molecule has 0 bridgehead atoms. The second-order valence-corrected chi connectivity index (χ2v) is 6.00. The summed E-state index contributed by atoms with van der Waals surface area (Å²) in [6, 6.07) is 6.01. The second kappa shape index (κ2) is 4.14. The molecule has 1 heterocycles. The van der Waals surface area contributed by atoms with Crippen molar-refractivity contribution in [2.24, 2.45) is 5.41 Å². The predicted molar refractivity (Wildman–Crippen MR) is 71.1 cm³/mol. The summed E-state index contributed by atoms with van der Waals surface area (Å²) in [4.78, 5) is 3.29. The highest BCUT2D eigenvalue weighted by molar-refractivity contribution is 6.31. The fraction of sp³-hybridized carbons (Fsp3) is 0.429. The minimum absolute atomic E-state index is 0.377. The lowest BCUT2D eigenvalue weighted by Gasteiger charge is -2.17. The predicted octanol–water partition coefficient (Wildman–Crippen LogP) is 4.80. The number of fused-ring (bicyclic) bond motifs is 1. The van der Waals surface area contributed by atoms with Gasteiger partial charge in [-0.25, -0.2) is 0 Å².